The van der Waals surface area contributed by atoms with Crippen LogP contribution in [0.25, 0.3) is 11.3 Å². The first-order valence-corrected chi connectivity index (χ1v) is 6.14. The first-order valence-electron chi connectivity index (χ1n) is 6.14. The number of methoxy groups -OCH3 is 1. The zero-order valence-electron chi connectivity index (χ0n) is 10.7. The molecule has 1 heterocycles. The molecule has 3 rings (SSSR count). The molecule has 3 nitrogen and oxygen atoms in total. The molecule has 100 valence electrons. The van der Waals surface area contributed by atoms with E-state index in [1.165, 1.54) is 5.56 Å². The molecule has 2 aromatic rings. The molecular formula is C15H17ClN2O. The van der Waals surface area contributed by atoms with Crippen LogP contribution in [0.5, 0.6) is 5.75 Å². The van der Waals surface area contributed by atoms with Gasteiger partial charge in [-0.25, -0.2) is 0 Å². The standard InChI is InChI=1S/C15H16N2O.ClH/c1-18-12-5-2-10(3-6-12)15-7-4-11(9-17-15)13-8-14(13)16;/h2-7,9,13-14H,8,16H2,1H3;1H. The molecule has 1 aliphatic carbocycles. The van der Waals surface area contributed by atoms with Gasteiger partial charge in [-0.2, -0.15) is 0 Å². The average Bonchev–Trinajstić information content (AvgIpc) is 3.16. The van der Waals surface area contributed by atoms with E-state index in [2.05, 4.69) is 17.1 Å². The van der Waals surface area contributed by atoms with Gasteiger partial charge >= 0.3 is 0 Å². The Labute approximate surface area is 119 Å². The van der Waals surface area contributed by atoms with Crippen LogP contribution in [0.1, 0.15) is 17.9 Å². The number of halogens is 1. The molecule has 0 amide bonds. The highest BCUT2D eigenvalue weighted by Gasteiger charge is 2.34. The minimum absolute atomic E-state index is 0. The van der Waals surface area contributed by atoms with E-state index in [4.69, 9.17) is 10.5 Å². The highest BCUT2D eigenvalue weighted by molar-refractivity contribution is 5.85. The first kappa shape index (κ1) is 13.8. The number of hydrogen-bond acceptors (Lipinski definition) is 3. The summed E-state index contributed by atoms with van der Waals surface area (Å²) >= 11 is 0. The monoisotopic (exact) mass is 276 g/mol. The number of hydrogen-bond donors (Lipinski definition) is 1. The van der Waals surface area contributed by atoms with Crippen molar-refractivity contribution in [1.82, 2.24) is 4.98 Å². The van der Waals surface area contributed by atoms with E-state index in [1.807, 2.05) is 30.5 Å². The highest BCUT2D eigenvalue weighted by Crippen LogP contribution is 2.38. The number of aromatic nitrogens is 1. The number of rotatable bonds is 3. The van der Waals surface area contributed by atoms with E-state index < -0.39 is 0 Å². The van der Waals surface area contributed by atoms with Crippen LogP contribution in [0.4, 0.5) is 0 Å². The fourth-order valence-electron chi connectivity index (χ4n) is 2.16. The average molecular weight is 277 g/mol. The van der Waals surface area contributed by atoms with Gasteiger partial charge in [0.1, 0.15) is 5.75 Å². The van der Waals surface area contributed by atoms with Crippen molar-refractivity contribution < 1.29 is 4.74 Å². The number of nitrogens with zero attached hydrogens (tertiary/aromatic N) is 1. The molecule has 2 N–H and O–H groups in total. The number of benzene rings is 1. The van der Waals surface area contributed by atoms with Crippen molar-refractivity contribution in [3.8, 4) is 17.0 Å². The summed E-state index contributed by atoms with van der Waals surface area (Å²) < 4.78 is 5.14. The Morgan fingerprint density at radius 3 is 2.32 bits per heavy atom. The Hall–Kier alpha value is -1.58. The molecule has 1 fully saturated rings. The quantitative estimate of drug-likeness (QED) is 0.937. The maximum Gasteiger partial charge on any atom is 0.118 e. The summed E-state index contributed by atoms with van der Waals surface area (Å²) in [5, 5.41) is 0. The van der Waals surface area contributed by atoms with Gasteiger partial charge in [-0.05, 0) is 42.3 Å². The molecule has 0 radical (unpaired) electrons. The third-order valence-corrected chi connectivity index (χ3v) is 3.44. The summed E-state index contributed by atoms with van der Waals surface area (Å²) in [6.07, 6.45) is 3.03. The Morgan fingerprint density at radius 2 is 1.84 bits per heavy atom. The molecule has 1 saturated carbocycles. The molecular weight excluding hydrogens is 260 g/mol. The minimum Gasteiger partial charge on any atom is -0.497 e. The van der Waals surface area contributed by atoms with Crippen LogP contribution in [0.2, 0.25) is 0 Å². The van der Waals surface area contributed by atoms with Crippen molar-refractivity contribution >= 4 is 12.4 Å². The lowest BCUT2D eigenvalue weighted by Crippen LogP contribution is -2.01. The maximum atomic E-state index is 5.84. The van der Waals surface area contributed by atoms with Crippen LogP contribution in [0, 0.1) is 0 Å². The van der Waals surface area contributed by atoms with E-state index >= 15 is 0 Å². The van der Waals surface area contributed by atoms with Gasteiger partial charge in [-0.3, -0.25) is 4.98 Å². The molecule has 1 aliphatic rings. The third kappa shape index (κ3) is 2.88. The van der Waals surface area contributed by atoms with Crippen molar-refractivity contribution in [2.24, 2.45) is 5.73 Å². The molecule has 1 aromatic heterocycles. The van der Waals surface area contributed by atoms with Gasteiger partial charge in [0.15, 0.2) is 0 Å². The number of nitrogens with two attached hydrogens (primary N) is 1. The van der Waals surface area contributed by atoms with Gasteiger partial charge in [0, 0.05) is 23.7 Å². The fourth-order valence-corrected chi connectivity index (χ4v) is 2.16. The van der Waals surface area contributed by atoms with Crippen molar-refractivity contribution in [2.45, 2.75) is 18.4 Å². The summed E-state index contributed by atoms with van der Waals surface area (Å²) in [6.45, 7) is 0. The SMILES string of the molecule is COc1ccc(-c2ccc(C3CC3N)cn2)cc1.Cl. The van der Waals surface area contributed by atoms with Crippen LogP contribution in [0.15, 0.2) is 42.6 Å². The molecule has 0 spiro atoms. The van der Waals surface area contributed by atoms with Crippen molar-refractivity contribution in [3.63, 3.8) is 0 Å². The van der Waals surface area contributed by atoms with Gasteiger partial charge in [-0.1, -0.05) is 6.07 Å². The Morgan fingerprint density at radius 1 is 1.16 bits per heavy atom. The van der Waals surface area contributed by atoms with Crippen LogP contribution < -0.4 is 10.5 Å². The molecule has 2 unspecified atom stereocenters. The van der Waals surface area contributed by atoms with Crippen LogP contribution >= 0.6 is 12.4 Å². The number of ether oxygens (including phenoxy) is 1. The van der Waals surface area contributed by atoms with Crippen molar-refractivity contribution in [1.29, 1.82) is 0 Å². The lowest BCUT2D eigenvalue weighted by atomic mass is 10.1. The van der Waals surface area contributed by atoms with Crippen LogP contribution in [0.3, 0.4) is 0 Å². The van der Waals surface area contributed by atoms with Crippen LogP contribution in [-0.4, -0.2) is 18.1 Å². The molecule has 1 aromatic carbocycles. The lowest BCUT2D eigenvalue weighted by Gasteiger charge is -2.04. The molecule has 0 aliphatic heterocycles. The molecule has 0 saturated heterocycles. The van der Waals surface area contributed by atoms with Crippen LogP contribution in [-0.2, 0) is 0 Å². The zero-order valence-corrected chi connectivity index (χ0v) is 11.6. The Bertz CT molecular complexity index is 539. The van der Waals surface area contributed by atoms with E-state index in [1.54, 1.807) is 7.11 Å². The van der Waals surface area contributed by atoms with Gasteiger partial charge in [0.2, 0.25) is 0 Å². The molecule has 0 bridgehead atoms. The fraction of sp³-hybridized carbons (Fsp3) is 0.267. The second-order valence-corrected chi connectivity index (χ2v) is 4.71. The first-order chi connectivity index (χ1) is 8.78. The minimum atomic E-state index is 0. The van der Waals surface area contributed by atoms with E-state index in [0.717, 1.165) is 23.4 Å². The summed E-state index contributed by atoms with van der Waals surface area (Å²) in [5.74, 6) is 1.38. The van der Waals surface area contributed by atoms with Crippen molar-refractivity contribution in [3.05, 3.63) is 48.2 Å². The molecule has 2 atom stereocenters. The Kier molecular flexibility index (Phi) is 4.08. The van der Waals surface area contributed by atoms with E-state index in [-0.39, 0.29) is 12.4 Å². The lowest BCUT2D eigenvalue weighted by molar-refractivity contribution is 0.415. The van der Waals surface area contributed by atoms with Gasteiger partial charge in [0.05, 0.1) is 12.8 Å². The summed E-state index contributed by atoms with van der Waals surface area (Å²) in [7, 11) is 1.67. The van der Waals surface area contributed by atoms with E-state index in [9.17, 15) is 0 Å². The predicted molar refractivity (Wildman–Crippen MR) is 78.8 cm³/mol. The smallest absolute Gasteiger partial charge is 0.118 e. The third-order valence-electron chi connectivity index (χ3n) is 3.44. The van der Waals surface area contributed by atoms with Crippen molar-refractivity contribution in [2.75, 3.05) is 7.11 Å². The van der Waals surface area contributed by atoms with Gasteiger partial charge in [-0.15, -0.1) is 12.4 Å². The topological polar surface area (TPSA) is 48.1 Å². The molecule has 4 heteroatoms. The largest absolute Gasteiger partial charge is 0.497 e. The molecule has 19 heavy (non-hydrogen) atoms. The number of pyridine rings is 1. The van der Waals surface area contributed by atoms with Gasteiger partial charge < -0.3 is 10.5 Å². The van der Waals surface area contributed by atoms with E-state index in [0.29, 0.717) is 12.0 Å². The Balaban J connectivity index is 0.00000133. The summed E-state index contributed by atoms with van der Waals surface area (Å²) in [4.78, 5) is 4.50. The highest BCUT2D eigenvalue weighted by atomic mass is 35.5. The maximum absolute atomic E-state index is 5.84. The summed E-state index contributed by atoms with van der Waals surface area (Å²) in [5.41, 5.74) is 9.17. The zero-order chi connectivity index (χ0) is 12.5. The van der Waals surface area contributed by atoms with Gasteiger partial charge in [0.25, 0.3) is 0 Å². The second-order valence-electron chi connectivity index (χ2n) is 4.71. The normalized spacial score (nSPS) is 20.5. The summed E-state index contributed by atoms with van der Waals surface area (Å²) in [6, 6.07) is 12.4. The predicted octanol–water partition coefficient (Wildman–Crippen LogP) is 2.99. The second kappa shape index (κ2) is 5.59.